The van der Waals surface area contributed by atoms with Crippen LogP contribution in [0.25, 0.3) is 0 Å². The second-order valence-corrected chi connectivity index (χ2v) is 4.15. The highest BCUT2D eigenvalue weighted by Gasteiger charge is 2.10. The Morgan fingerprint density at radius 3 is 2.52 bits per heavy atom. The molecule has 0 radical (unpaired) electrons. The molecule has 2 aromatic rings. The average Bonchev–Trinajstić information content (AvgIpc) is 2.49. The number of amidine groups is 1. The number of carbonyl (C=O) groups excluding carboxylic acids is 1. The van der Waals surface area contributed by atoms with Crippen molar-refractivity contribution >= 4 is 17.4 Å². The number of nitrogens with one attached hydrogen (secondary N) is 1. The summed E-state index contributed by atoms with van der Waals surface area (Å²) < 4.78 is 25.9. The lowest BCUT2D eigenvalue weighted by molar-refractivity contribution is 0.102. The van der Waals surface area contributed by atoms with Gasteiger partial charge in [0.15, 0.2) is 17.5 Å². The molecule has 0 aliphatic rings. The maximum atomic E-state index is 13.1. The molecule has 0 fully saturated rings. The van der Waals surface area contributed by atoms with E-state index in [0.29, 0.717) is 11.3 Å². The number of oxime groups is 1. The minimum atomic E-state index is -1.10. The SMILES string of the molecule is N/C(=N/O)c1cccc(NC(=O)c2ccc(F)c(F)c2)c1. The number of hydrogen-bond donors (Lipinski definition) is 3. The normalized spacial score (nSPS) is 11.2. The van der Waals surface area contributed by atoms with Crippen LogP contribution in [-0.4, -0.2) is 17.0 Å². The average molecular weight is 291 g/mol. The van der Waals surface area contributed by atoms with Crippen molar-refractivity contribution in [2.24, 2.45) is 10.9 Å². The van der Waals surface area contributed by atoms with Gasteiger partial charge in [-0.25, -0.2) is 8.78 Å². The quantitative estimate of drug-likeness (QED) is 0.351. The number of nitrogens with two attached hydrogens (primary N) is 1. The Bertz CT molecular complexity index is 717. The minimum Gasteiger partial charge on any atom is -0.409 e. The zero-order valence-corrected chi connectivity index (χ0v) is 10.7. The van der Waals surface area contributed by atoms with E-state index in [9.17, 15) is 13.6 Å². The van der Waals surface area contributed by atoms with Crippen LogP contribution >= 0.6 is 0 Å². The molecule has 5 nitrogen and oxygen atoms in total. The molecule has 0 aromatic heterocycles. The lowest BCUT2D eigenvalue weighted by atomic mass is 10.1. The smallest absolute Gasteiger partial charge is 0.255 e. The topological polar surface area (TPSA) is 87.7 Å². The number of amides is 1. The van der Waals surface area contributed by atoms with Crippen LogP contribution < -0.4 is 11.1 Å². The Kier molecular flexibility index (Phi) is 4.13. The molecule has 0 aliphatic carbocycles. The maximum Gasteiger partial charge on any atom is 0.255 e. The Labute approximate surface area is 118 Å². The molecule has 0 saturated carbocycles. The summed E-state index contributed by atoms with van der Waals surface area (Å²) >= 11 is 0. The molecule has 1 amide bonds. The summed E-state index contributed by atoms with van der Waals surface area (Å²) in [4.78, 5) is 11.9. The van der Waals surface area contributed by atoms with Crippen LogP contribution in [0.4, 0.5) is 14.5 Å². The fourth-order valence-corrected chi connectivity index (χ4v) is 1.65. The molecule has 21 heavy (non-hydrogen) atoms. The van der Waals surface area contributed by atoms with Gasteiger partial charge >= 0.3 is 0 Å². The van der Waals surface area contributed by atoms with Crippen molar-refractivity contribution in [1.82, 2.24) is 0 Å². The van der Waals surface area contributed by atoms with Crippen LogP contribution in [0.15, 0.2) is 47.6 Å². The van der Waals surface area contributed by atoms with Crippen molar-refractivity contribution in [1.29, 1.82) is 0 Å². The first kappa shape index (κ1) is 14.4. The van der Waals surface area contributed by atoms with E-state index in [1.54, 1.807) is 18.2 Å². The van der Waals surface area contributed by atoms with Crippen molar-refractivity contribution in [3.8, 4) is 0 Å². The first-order chi connectivity index (χ1) is 10.0. The molecule has 0 spiro atoms. The second kappa shape index (κ2) is 6.00. The van der Waals surface area contributed by atoms with Gasteiger partial charge in [0.25, 0.3) is 5.91 Å². The van der Waals surface area contributed by atoms with Gasteiger partial charge in [-0.1, -0.05) is 17.3 Å². The highest BCUT2D eigenvalue weighted by molar-refractivity contribution is 6.05. The van der Waals surface area contributed by atoms with Gasteiger partial charge in [-0.15, -0.1) is 0 Å². The molecule has 0 saturated heterocycles. The van der Waals surface area contributed by atoms with E-state index < -0.39 is 17.5 Å². The number of hydrogen-bond acceptors (Lipinski definition) is 3. The molecule has 0 unspecified atom stereocenters. The predicted octanol–water partition coefficient (Wildman–Crippen LogP) is 2.31. The van der Waals surface area contributed by atoms with Crippen LogP contribution in [-0.2, 0) is 0 Å². The van der Waals surface area contributed by atoms with Crippen LogP contribution in [0.5, 0.6) is 0 Å². The molecule has 7 heteroatoms. The highest BCUT2D eigenvalue weighted by Crippen LogP contribution is 2.14. The van der Waals surface area contributed by atoms with Crippen molar-refractivity contribution in [2.45, 2.75) is 0 Å². The summed E-state index contributed by atoms with van der Waals surface area (Å²) in [5.74, 6) is -2.85. The van der Waals surface area contributed by atoms with Crippen molar-refractivity contribution in [3.63, 3.8) is 0 Å². The van der Waals surface area contributed by atoms with Crippen LogP contribution in [0.1, 0.15) is 15.9 Å². The van der Waals surface area contributed by atoms with E-state index in [4.69, 9.17) is 10.9 Å². The number of halogens is 2. The van der Waals surface area contributed by atoms with E-state index in [2.05, 4.69) is 10.5 Å². The largest absolute Gasteiger partial charge is 0.409 e. The molecule has 0 bridgehead atoms. The van der Waals surface area contributed by atoms with E-state index in [-0.39, 0.29) is 11.4 Å². The van der Waals surface area contributed by atoms with E-state index in [0.717, 1.165) is 12.1 Å². The lowest BCUT2D eigenvalue weighted by Crippen LogP contribution is -2.15. The fourth-order valence-electron chi connectivity index (χ4n) is 1.65. The molecule has 108 valence electrons. The first-order valence-electron chi connectivity index (χ1n) is 5.85. The first-order valence-corrected chi connectivity index (χ1v) is 5.85. The highest BCUT2D eigenvalue weighted by atomic mass is 19.2. The third kappa shape index (κ3) is 3.33. The summed E-state index contributed by atoms with van der Waals surface area (Å²) in [5.41, 5.74) is 6.19. The van der Waals surface area contributed by atoms with Crippen molar-refractivity contribution in [2.75, 3.05) is 5.32 Å². The van der Waals surface area contributed by atoms with Gasteiger partial charge in [-0.3, -0.25) is 4.79 Å². The Balaban J connectivity index is 2.21. The number of anilines is 1. The van der Waals surface area contributed by atoms with Crippen LogP contribution in [0.2, 0.25) is 0 Å². The number of rotatable bonds is 3. The van der Waals surface area contributed by atoms with Gasteiger partial charge < -0.3 is 16.3 Å². The monoisotopic (exact) mass is 291 g/mol. The number of benzene rings is 2. The van der Waals surface area contributed by atoms with Gasteiger partial charge in [-0.05, 0) is 30.3 Å². The molecule has 0 heterocycles. The number of carbonyl (C=O) groups is 1. The van der Waals surface area contributed by atoms with Crippen LogP contribution in [0, 0.1) is 11.6 Å². The van der Waals surface area contributed by atoms with Gasteiger partial charge in [0, 0.05) is 16.8 Å². The molecule has 0 atom stereocenters. The van der Waals surface area contributed by atoms with Crippen molar-refractivity contribution < 1.29 is 18.8 Å². The van der Waals surface area contributed by atoms with Crippen molar-refractivity contribution in [3.05, 3.63) is 65.2 Å². The van der Waals surface area contributed by atoms with E-state index in [1.165, 1.54) is 12.1 Å². The summed E-state index contributed by atoms with van der Waals surface area (Å²) in [6.07, 6.45) is 0. The third-order valence-electron chi connectivity index (χ3n) is 2.71. The maximum absolute atomic E-state index is 13.1. The van der Waals surface area contributed by atoms with E-state index in [1.807, 2.05) is 0 Å². The summed E-state index contributed by atoms with van der Waals surface area (Å²) in [7, 11) is 0. The molecule has 2 rings (SSSR count). The van der Waals surface area contributed by atoms with Gasteiger partial charge in [0.05, 0.1) is 0 Å². The van der Waals surface area contributed by atoms with Gasteiger partial charge in [0.1, 0.15) is 0 Å². The van der Waals surface area contributed by atoms with Gasteiger partial charge in [-0.2, -0.15) is 0 Å². The lowest BCUT2D eigenvalue weighted by Gasteiger charge is -2.07. The Morgan fingerprint density at radius 1 is 1.10 bits per heavy atom. The van der Waals surface area contributed by atoms with E-state index >= 15 is 0 Å². The molecule has 0 aliphatic heterocycles. The van der Waals surface area contributed by atoms with Gasteiger partial charge in [0.2, 0.25) is 0 Å². The summed E-state index contributed by atoms with van der Waals surface area (Å²) in [5, 5.41) is 13.9. The standard InChI is InChI=1S/C14H11F2N3O2/c15-11-5-4-9(7-12(11)16)14(20)18-10-3-1-2-8(6-10)13(17)19-21/h1-7,21H,(H2,17,19)(H,18,20). The third-order valence-corrected chi connectivity index (χ3v) is 2.71. The predicted molar refractivity (Wildman–Crippen MR) is 73.3 cm³/mol. The Hall–Kier alpha value is -2.96. The molecular weight excluding hydrogens is 280 g/mol. The molecule has 4 N–H and O–H groups in total. The zero-order valence-electron chi connectivity index (χ0n) is 10.7. The minimum absolute atomic E-state index is 0.0249. The fraction of sp³-hybridized carbons (Fsp3) is 0. The molecule has 2 aromatic carbocycles. The second-order valence-electron chi connectivity index (χ2n) is 4.15. The number of nitrogens with zero attached hydrogens (tertiary/aromatic N) is 1. The molecular formula is C14H11F2N3O2. The Morgan fingerprint density at radius 2 is 1.86 bits per heavy atom. The zero-order chi connectivity index (χ0) is 15.4. The summed E-state index contributed by atoms with van der Waals surface area (Å²) in [6, 6.07) is 9.07. The van der Waals surface area contributed by atoms with Crippen LogP contribution in [0.3, 0.4) is 0 Å². The summed E-state index contributed by atoms with van der Waals surface area (Å²) in [6.45, 7) is 0.